The zero-order valence-corrected chi connectivity index (χ0v) is 21.2. The fourth-order valence-electron chi connectivity index (χ4n) is 5.26. The van der Waals surface area contributed by atoms with Gasteiger partial charge in [0.2, 0.25) is 11.1 Å². The number of aryl methyl sites for hydroxylation is 2. The average Bonchev–Trinajstić information content (AvgIpc) is 2.76. The number of ether oxygens (including phenoxy) is 1. The van der Waals surface area contributed by atoms with Crippen LogP contribution in [0.5, 0.6) is 11.6 Å². The van der Waals surface area contributed by atoms with Gasteiger partial charge in [-0.05, 0) is 59.9 Å². The minimum absolute atomic E-state index is 0.483. The highest BCUT2D eigenvalue weighted by atomic mass is 16.5. The van der Waals surface area contributed by atoms with Crippen molar-refractivity contribution in [1.29, 1.82) is 0 Å². The highest BCUT2D eigenvalue weighted by molar-refractivity contribution is 6.05. The van der Waals surface area contributed by atoms with E-state index in [1.807, 2.05) is 13.8 Å². The second-order valence-electron chi connectivity index (χ2n) is 10.8. The van der Waals surface area contributed by atoms with Crippen molar-refractivity contribution < 1.29 is 9.30 Å². The van der Waals surface area contributed by atoms with Gasteiger partial charge in [-0.15, -0.1) is 0 Å². The molecule has 0 saturated carbocycles. The van der Waals surface area contributed by atoms with Crippen LogP contribution in [-0.4, -0.2) is 10.5 Å². The first-order valence-corrected chi connectivity index (χ1v) is 12.0. The minimum atomic E-state index is -0.483. The molecule has 5 rings (SSSR count). The third-order valence-corrected chi connectivity index (χ3v) is 7.01. The first-order chi connectivity index (χ1) is 16.1. The van der Waals surface area contributed by atoms with Crippen molar-refractivity contribution in [3.05, 3.63) is 70.1 Å². The van der Waals surface area contributed by atoms with Gasteiger partial charge in [-0.2, -0.15) is 4.57 Å². The Morgan fingerprint density at radius 3 is 2.62 bits per heavy atom. The predicted molar refractivity (Wildman–Crippen MR) is 138 cm³/mol. The van der Waals surface area contributed by atoms with Crippen LogP contribution in [0.15, 0.2) is 36.4 Å². The van der Waals surface area contributed by atoms with Crippen LogP contribution in [0.4, 0.5) is 0 Å². The van der Waals surface area contributed by atoms with E-state index in [0.717, 1.165) is 34.5 Å². The molecule has 4 aromatic rings. The van der Waals surface area contributed by atoms with Gasteiger partial charge in [-0.3, -0.25) is 0 Å². The molecule has 1 aliphatic rings. The van der Waals surface area contributed by atoms with Crippen molar-refractivity contribution in [2.45, 2.75) is 59.9 Å². The summed E-state index contributed by atoms with van der Waals surface area (Å²) in [7, 11) is 2.10. The van der Waals surface area contributed by atoms with Gasteiger partial charge in [0, 0.05) is 25.3 Å². The fourth-order valence-corrected chi connectivity index (χ4v) is 5.26. The summed E-state index contributed by atoms with van der Waals surface area (Å²) in [5, 5.41) is 2.40. The smallest absolute Gasteiger partial charge is 0.294 e. The van der Waals surface area contributed by atoms with Gasteiger partial charge in [0.1, 0.15) is 18.3 Å². The quantitative estimate of drug-likeness (QED) is 0.217. The van der Waals surface area contributed by atoms with Crippen molar-refractivity contribution >= 4 is 21.8 Å². The van der Waals surface area contributed by atoms with E-state index >= 15 is 0 Å². The summed E-state index contributed by atoms with van der Waals surface area (Å²) in [6.07, 6.45) is 1.65. The van der Waals surface area contributed by atoms with Gasteiger partial charge in [-0.1, -0.05) is 38.1 Å². The lowest BCUT2D eigenvalue weighted by atomic mass is 9.89. The monoisotopic (exact) mass is 450 g/mol. The van der Waals surface area contributed by atoms with Gasteiger partial charge in [0.25, 0.3) is 11.6 Å². The van der Waals surface area contributed by atoms with Crippen molar-refractivity contribution in [2.75, 3.05) is 0 Å². The lowest BCUT2D eigenvalue weighted by molar-refractivity contribution is -0.634. The molecule has 0 N–H and O–H groups in total. The first-order valence-electron chi connectivity index (χ1n) is 12.0. The minimum Gasteiger partial charge on any atom is -0.433 e. The number of benzene rings is 3. The first kappa shape index (κ1) is 22.3. The van der Waals surface area contributed by atoms with Crippen LogP contribution in [0.3, 0.4) is 0 Å². The van der Waals surface area contributed by atoms with E-state index in [0.29, 0.717) is 18.2 Å². The topological polar surface area (TPSA) is 30.4 Å². The summed E-state index contributed by atoms with van der Waals surface area (Å²) in [6.45, 7) is 20.4. The summed E-state index contributed by atoms with van der Waals surface area (Å²) >= 11 is 0. The van der Waals surface area contributed by atoms with Crippen molar-refractivity contribution in [3.8, 4) is 22.9 Å². The average molecular weight is 451 g/mol. The molecule has 0 amide bonds. The maximum atomic E-state index is 7.59. The third kappa shape index (κ3) is 3.51. The summed E-state index contributed by atoms with van der Waals surface area (Å²) in [6, 6.07) is 13.1. The van der Waals surface area contributed by atoms with E-state index < -0.39 is 5.54 Å². The van der Waals surface area contributed by atoms with Crippen LogP contribution in [0.2, 0.25) is 0 Å². The normalized spacial score (nSPS) is 12.7. The second-order valence-corrected chi connectivity index (χ2v) is 10.8. The second kappa shape index (κ2) is 7.81. The number of rotatable bonds is 4. The number of hydrogen-bond donors (Lipinski definition) is 0. The van der Waals surface area contributed by atoms with E-state index in [-0.39, 0.29) is 0 Å². The highest BCUT2D eigenvalue weighted by Crippen LogP contribution is 2.47. The van der Waals surface area contributed by atoms with E-state index in [9.17, 15) is 0 Å². The Morgan fingerprint density at radius 1 is 1.15 bits per heavy atom. The van der Waals surface area contributed by atoms with Crippen molar-refractivity contribution in [1.82, 2.24) is 4.98 Å². The Labute approximate surface area is 202 Å². The molecule has 0 atom stereocenters. The molecule has 34 heavy (non-hydrogen) atoms. The van der Waals surface area contributed by atoms with Crippen molar-refractivity contribution in [3.63, 3.8) is 0 Å². The van der Waals surface area contributed by atoms with E-state index in [1.165, 1.54) is 33.0 Å². The van der Waals surface area contributed by atoms with E-state index in [2.05, 4.69) is 80.6 Å². The number of para-hydroxylation sites is 1. The largest absolute Gasteiger partial charge is 0.433 e. The lowest BCUT2D eigenvalue weighted by Crippen LogP contribution is -2.35. The lowest BCUT2D eigenvalue weighted by Gasteiger charge is -2.23. The Bertz CT molecular complexity index is 1520. The van der Waals surface area contributed by atoms with Crippen LogP contribution in [0.25, 0.3) is 37.9 Å². The molecule has 0 spiro atoms. The molecule has 0 fully saturated rings. The molecule has 1 aromatic heterocycles. The molecule has 172 valence electrons. The van der Waals surface area contributed by atoms with Crippen LogP contribution in [-0.2, 0) is 19.9 Å². The van der Waals surface area contributed by atoms with Gasteiger partial charge in [0.05, 0.1) is 12.0 Å². The van der Waals surface area contributed by atoms with Crippen LogP contribution in [0.1, 0.15) is 49.9 Å². The molecule has 0 bridgehead atoms. The summed E-state index contributed by atoms with van der Waals surface area (Å²) in [4.78, 5) is 8.92. The fraction of sp³-hybridized carbons (Fsp3) is 0.367. The zero-order valence-electron chi connectivity index (χ0n) is 21.2. The Hall–Kier alpha value is -3.45. The van der Waals surface area contributed by atoms with Crippen LogP contribution in [0, 0.1) is 26.3 Å². The highest BCUT2D eigenvalue weighted by Gasteiger charge is 2.34. The summed E-state index contributed by atoms with van der Waals surface area (Å²) < 4.78 is 8.80. The molecule has 0 aliphatic carbocycles. The van der Waals surface area contributed by atoms with Crippen molar-refractivity contribution in [2.24, 2.45) is 13.0 Å². The maximum Gasteiger partial charge on any atom is 0.294 e. The molecule has 0 unspecified atom stereocenters. The molecular formula is C30H32N3O+. The molecule has 3 aromatic carbocycles. The standard InChI is InChI=1S/C30H32N3O/c1-17(2)12-20-14-22-13-18(3)19(4)25-26(22)24(15-20)34-29-28(25)33(8)23-11-9-10-21(27(23)32-29)16-30(5,6)31-7/h9-11,13-15,17H,12,16H2,1-6,8H3/q+1. The maximum absolute atomic E-state index is 7.59. The molecule has 0 radical (unpaired) electrons. The zero-order chi connectivity index (χ0) is 24.4. The molecule has 2 heterocycles. The van der Waals surface area contributed by atoms with Gasteiger partial charge in [0.15, 0.2) is 0 Å². The van der Waals surface area contributed by atoms with Crippen LogP contribution >= 0.6 is 0 Å². The molecule has 4 nitrogen and oxygen atoms in total. The molecule has 0 saturated heterocycles. The Balaban J connectivity index is 1.83. The van der Waals surface area contributed by atoms with Gasteiger partial charge in [-0.25, -0.2) is 11.6 Å². The molecule has 1 aliphatic heterocycles. The Morgan fingerprint density at radius 2 is 1.91 bits per heavy atom. The SMILES string of the molecule is [C-]#[N+]C(C)(C)Cc1cccc2c1nc1c([n+]2C)-c2c(C)c(C)cc3cc(CC(C)C)cc(c23)O1. The Kier molecular flexibility index (Phi) is 5.13. The van der Waals surface area contributed by atoms with Crippen LogP contribution < -0.4 is 9.30 Å². The summed E-state index contributed by atoms with van der Waals surface area (Å²) in [5.74, 6) is 2.11. The summed E-state index contributed by atoms with van der Waals surface area (Å²) in [5.41, 5.74) is 8.61. The van der Waals surface area contributed by atoms with Gasteiger partial charge >= 0.3 is 0 Å². The van der Waals surface area contributed by atoms with E-state index in [4.69, 9.17) is 16.3 Å². The number of fused-ring (bicyclic) bond motifs is 3. The molecule has 4 heteroatoms. The third-order valence-electron chi connectivity index (χ3n) is 7.01. The van der Waals surface area contributed by atoms with Gasteiger partial charge < -0.3 is 9.58 Å². The number of nitrogens with zero attached hydrogens (tertiary/aromatic N) is 3. The van der Waals surface area contributed by atoms with E-state index in [1.54, 1.807) is 0 Å². The predicted octanol–water partition coefficient (Wildman–Crippen LogP) is 7.04. The molecular weight excluding hydrogens is 418 g/mol. The number of hydrogen-bond acceptors (Lipinski definition) is 2. The number of aromatic nitrogens is 2.